The average Bonchev–Trinajstić information content (AvgIpc) is 3.63. The minimum Gasteiger partial charge on any atom is -0.436 e. The maximum atomic E-state index is 6.14. The van der Waals surface area contributed by atoms with Gasteiger partial charge in [-0.2, -0.15) is 0 Å². The van der Waals surface area contributed by atoms with Crippen molar-refractivity contribution >= 4 is 50.0 Å². The van der Waals surface area contributed by atoms with E-state index in [1.54, 1.807) is 0 Å². The number of aryl methyl sites for hydroxylation is 2. The first-order chi connectivity index (χ1) is 21.2. The standard InChI is InChI=1S/C39H29N3O/c1-26-25-37(27(2)24-33(26)39-40-34-16-8-11-19-38(34)43-39)41(28-12-4-3-5-13-28)29-20-22-30(23-21-29)42-35-17-9-6-14-31(35)32-15-7-10-18-36(32)42/h3-25H,1-2H3. The molecule has 0 unspecified atom stereocenters. The van der Waals surface area contributed by atoms with E-state index in [0.717, 1.165) is 50.5 Å². The van der Waals surface area contributed by atoms with Gasteiger partial charge in [0, 0.05) is 39.1 Å². The number of rotatable bonds is 5. The number of hydrogen-bond acceptors (Lipinski definition) is 3. The van der Waals surface area contributed by atoms with E-state index in [9.17, 15) is 0 Å². The van der Waals surface area contributed by atoms with Crippen molar-refractivity contribution in [1.82, 2.24) is 9.55 Å². The Labute approximate surface area is 250 Å². The fourth-order valence-electron chi connectivity index (χ4n) is 6.22. The molecule has 0 spiro atoms. The molecule has 0 saturated carbocycles. The Morgan fingerprint density at radius 3 is 1.88 bits per heavy atom. The van der Waals surface area contributed by atoms with Crippen molar-refractivity contribution in [2.45, 2.75) is 13.8 Å². The molecule has 206 valence electrons. The summed E-state index contributed by atoms with van der Waals surface area (Å²) in [6.07, 6.45) is 0. The molecule has 6 aromatic carbocycles. The number of benzene rings is 6. The highest BCUT2D eigenvalue weighted by atomic mass is 16.3. The number of fused-ring (bicyclic) bond motifs is 4. The van der Waals surface area contributed by atoms with Gasteiger partial charge in [-0.3, -0.25) is 0 Å². The minimum atomic E-state index is 0.648. The molecule has 8 aromatic rings. The monoisotopic (exact) mass is 555 g/mol. The molecule has 0 radical (unpaired) electrons. The fraction of sp³-hybridized carbons (Fsp3) is 0.0513. The van der Waals surface area contributed by atoms with Crippen LogP contribution >= 0.6 is 0 Å². The van der Waals surface area contributed by atoms with Crippen molar-refractivity contribution < 1.29 is 4.42 Å². The van der Waals surface area contributed by atoms with Crippen molar-refractivity contribution in [1.29, 1.82) is 0 Å². The van der Waals surface area contributed by atoms with Crippen LogP contribution in [0.2, 0.25) is 0 Å². The van der Waals surface area contributed by atoms with Gasteiger partial charge in [0.1, 0.15) is 5.52 Å². The molecule has 2 heterocycles. The first-order valence-electron chi connectivity index (χ1n) is 14.6. The highest BCUT2D eigenvalue weighted by Crippen LogP contribution is 2.40. The summed E-state index contributed by atoms with van der Waals surface area (Å²) >= 11 is 0. The number of hydrogen-bond donors (Lipinski definition) is 0. The molecule has 0 N–H and O–H groups in total. The normalized spacial score (nSPS) is 11.5. The van der Waals surface area contributed by atoms with E-state index in [-0.39, 0.29) is 0 Å². The second kappa shape index (κ2) is 10.0. The van der Waals surface area contributed by atoms with Gasteiger partial charge in [0.05, 0.1) is 11.0 Å². The summed E-state index contributed by atoms with van der Waals surface area (Å²) in [4.78, 5) is 7.10. The molecular weight excluding hydrogens is 526 g/mol. The average molecular weight is 556 g/mol. The Bertz CT molecular complexity index is 2170. The van der Waals surface area contributed by atoms with Gasteiger partial charge in [0.2, 0.25) is 5.89 Å². The van der Waals surface area contributed by atoms with Gasteiger partial charge in [-0.25, -0.2) is 4.98 Å². The lowest BCUT2D eigenvalue weighted by molar-refractivity contribution is 0.619. The first kappa shape index (κ1) is 25.1. The number of para-hydroxylation sites is 5. The largest absolute Gasteiger partial charge is 0.436 e. The van der Waals surface area contributed by atoms with Gasteiger partial charge in [0.25, 0.3) is 0 Å². The molecule has 0 aliphatic heterocycles. The second-order valence-corrected chi connectivity index (χ2v) is 11.0. The van der Waals surface area contributed by atoms with Crippen LogP contribution in [0.1, 0.15) is 11.1 Å². The Morgan fingerprint density at radius 1 is 0.581 bits per heavy atom. The van der Waals surface area contributed by atoms with Crippen LogP contribution in [0.15, 0.2) is 144 Å². The lowest BCUT2D eigenvalue weighted by Gasteiger charge is -2.28. The molecule has 0 atom stereocenters. The number of nitrogens with zero attached hydrogens (tertiary/aromatic N) is 3. The quantitative estimate of drug-likeness (QED) is 0.212. The smallest absolute Gasteiger partial charge is 0.227 e. The number of anilines is 3. The van der Waals surface area contributed by atoms with E-state index >= 15 is 0 Å². The minimum absolute atomic E-state index is 0.648. The maximum Gasteiger partial charge on any atom is 0.227 e. The third kappa shape index (κ3) is 4.19. The summed E-state index contributed by atoms with van der Waals surface area (Å²) in [5.41, 5.74) is 11.8. The third-order valence-electron chi connectivity index (χ3n) is 8.27. The van der Waals surface area contributed by atoms with E-state index in [0.29, 0.717) is 5.89 Å². The third-order valence-corrected chi connectivity index (χ3v) is 8.27. The molecule has 4 heteroatoms. The maximum absolute atomic E-state index is 6.14. The molecule has 0 saturated heterocycles. The number of oxazole rings is 1. The van der Waals surface area contributed by atoms with E-state index in [1.165, 1.54) is 21.8 Å². The molecule has 4 nitrogen and oxygen atoms in total. The summed E-state index contributed by atoms with van der Waals surface area (Å²) in [6, 6.07) is 49.0. The zero-order chi connectivity index (χ0) is 28.9. The predicted octanol–water partition coefficient (Wildman–Crippen LogP) is 10.7. The highest BCUT2D eigenvalue weighted by molar-refractivity contribution is 6.09. The van der Waals surface area contributed by atoms with E-state index in [4.69, 9.17) is 9.40 Å². The number of aromatic nitrogens is 2. The van der Waals surface area contributed by atoms with Gasteiger partial charge >= 0.3 is 0 Å². The first-order valence-corrected chi connectivity index (χ1v) is 14.6. The topological polar surface area (TPSA) is 34.2 Å². The van der Waals surface area contributed by atoms with Crippen LogP contribution in [0, 0.1) is 13.8 Å². The predicted molar refractivity (Wildman–Crippen MR) is 178 cm³/mol. The Morgan fingerprint density at radius 2 is 1.19 bits per heavy atom. The van der Waals surface area contributed by atoms with E-state index < -0.39 is 0 Å². The molecule has 0 aliphatic rings. The van der Waals surface area contributed by atoms with Crippen molar-refractivity contribution in [2.24, 2.45) is 0 Å². The lowest BCUT2D eigenvalue weighted by atomic mass is 10.0. The van der Waals surface area contributed by atoms with Crippen LogP contribution in [-0.2, 0) is 0 Å². The van der Waals surface area contributed by atoms with Crippen molar-refractivity contribution in [3.8, 4) is 17.1 Å². The van der Waals surface area contributed by atoms with Gasteiger partial charge < -0.3 is 13.9 Å². The van der Waals surface area contributed by atoms with Crippen molar-refractivity contribution in [3.05, 3.63) is 151 Å². The highest BCUT2D eigenvalue weighted by Gasteiger charge is 2.19. The van der Waals surface area contributed by atoms with Gasteiger partial charge in [-0.05, 0) is 97.8 Å². The van der Waals surface area contributed by atoms with E-state index in [1.807, 2.05) is 24.3 Å². The Hall–Kier alpha value is -5.61. The van der Waals surface area contributed by atoms with Gasteiger partial charge in [-0.15, -0.1) is 0 Å². The zero-order valence-corrected chi connectivity index (χ0v) is 24.0. The van der Waals surface area contributed by atoms with Crippen LogP contribution in [0.25, 0.3) is 50.0 Å². The van der Waals surface area contributed by atoms with Crippen LogP contribution < -0.4 is 4.90 Å². The van der Waals surface area contributed by atoms with Crippen molar-refractivity contribution in [3.63, 3.8) is 0 Å². The molecular formula is C39H29N3O. The fourth-order valence-corrected chi connectivity index (χ4v) is 6.22. The van der Waals surface area contributed by atoms with Crippen LogP contribution in [0.4, 0.5) is 17.1 Å². The molecule has 43 heavy (non-hydrogen) atoms. The Kier molecular flexibility index (Phi) is 5.86. The van der Waals surface area contributed by atoms with Crippen LogP contribution in [0.5, 0.6) is 0 Å². The van der Waals surface area contributed by atoms with Crippen molar-refractivity contribution in [2.75, 3.05) is 4.90 Å². The SMILES string of the molecule is Cc1cc(N(c2ccccc2)c2ccc(-n3c4ccccc4c4ccccc43)cc2)c(C)cc1-c1nc2ccccc2o1. The zero-order valence-electron chi connectivity index (χ0n) is 24.0. The summed E-state index contributed by atoms with van der Waals surface area (Å²) in [5.74, 6) is 0.648. The molecule has 2 aromatic heterocycles. The molecule has 0 aliphatic carbocycles. The molecule has 8 rings (SSSR count). The Balaban J connectivity index is 1.25. The summed E-state index contributed by atoms with van der Waals surface area (Å²) in [5, 5.41) is 2.52. The second-order valence-electron chi connectivity index (χ2n) is 11.0. The molecule has 0 amide bonds. The van der Waals surface area contributed by atoms with Gasteiger partial charge in [0.15, 0.2) is 5.58 Å². The lowest BCUT2D eigenvalue weighted by Crippen LogP contribution is -2.12. The molecule has 0 fully saturated rings. The molecule has 0 bridgehead atoms. The van der Waals surface area contributed by atoms with Crippen LogP contribution in [0.3, 0.4) is 0 Å². The summed E-state index contributed by atoms with van der Waals surface area (Å²) < 4.78 is 8.50. The summed E-state index contributed by atoms with van der Waals surface area (Å²) in [6.45, 7) is 4.28. The summed E-state index contributed by atoms with van der Waals surface area (Å²) in [7, 11) is 0. The van der Waals surface area contributed by atoms with E-state index in [2.05, 4.69) is 139 Å². The van der Waals surface area contributed by atoms with Gasteiger partial charge in [-0.1, -0.05) is 66.7 Å². The van der Waals surface area contributed by atoms with Crippen LogP contribution in [-0.4, -0.2) is 9.55 Å².